The van der Waals surface area contributed by atoms with Crippen molar-refractivity contribution in [2.45, 2.75) is 142 Å². The molecule has 0 rings (SSSR count). The molecule has 0 spiro atoms. The van der Waals surface area contributed by atoms with E-state index in [9.17, 15) is 14.7 Å². The molecule has 0 saturated heterocycles. The van der Waals surface area contributed by atoms with Crippen LogP contribution in [0.4, 0.5) is 0 Å². The number of ether oxygens (including phenoxy) is 1. The number of carboxylic acids is 1. The molecule has 0 bridgehead atoms. The summed E-state index contributed by atoms with van der Waals surface area (Å²) in [6.45, 7) is 6.40. The Morgan fingerprint density at radius 2 is 1.03 bits per heavy atom. The Kier molecular flexibility index (Phi) is 22.7. The topological polar surface area (TPSA) is 66.4 Å². The summed E-state index contributed by atoms with van der Waals surface area (Å²) in [5.74, 6) is -2.03. The Balaban J connectivity index is 0. The molecular weight excluding hydrogens is 375 g/mol. The summed E-state index contributed by atoms with van der Waals surface area (Å²) >= 11 is 0. The Labute approximate surface area is 202 Å². The van der Waals surface area contributed by atoms with E-state index in [0.29, 0.717) is 0 Å². The molecule has 166 valence electrons. The fraction of sp³-hybridized carbons (Fsp3) is 0.917. The summed E-state index contributed by atoms with van der Waals surface area (Å²) in [4.78, 5) is 22.5. The number of unbranched alkanes of at least 4 members (excludes halogenated alkanes) is 13. The average molecular weight is 421 g/mol. The van der Waals surface area contributed by atoms with Gasteiger partial charge in [-0.2, -0.15) is 0 Å². The maximum Gasteiger partial charge on any atom is 1.00 e. The van der Waals surface area contributed by atoms with Gasteiger partial charge in [0, 0.05) is 0 Å². The molecule has 0 fully saturated rings. The van der Waals surface area contributed by atoms with Crippen LogP contribution in [-0.4, -0.2) is 17.5 Å². The van der Waals surface area contributed by atoms with Crippen LogP contribution in [0.2, 0.25) is 0 Å². The van der Waals surface area contributed by atoms with Gasteiger partial charge in [-0.3, -0.25) is 4.79 Å². The zero-order chi connectivity index (χ0) is 21.1. The van der Waals surface area contributed by atoms with Gasteiger partial charge < -0.3 is 14.6 Å². The Hall–Kier alpha value is -0.0600. The van der Waals surface area contributed by atoms with Crippen molar-refractivity contribution < 1.29 is 49.0 Å². The quantitative estimate of drug-likeness (QED) is 0.131. The second kappa shape index (κ2) is 21.2. The molecule has 0 aliphatic rings. The van der Waals surface area contributed by atoms with E-state index in [-0.39, 0.29) is 29.6 Å². The van der Waals surface area contributed by atoms with Gasteiger partial charge in [0.05, 0.1) is 12.4 Å². The Morgan fingerprint density at radius 3 is 1.38 bits per heavy atom. The Bertz CT molecular complexity index is 400. The minimum absolute atomic E-state index is 0. The monoisotopic (exact) mass is 420 g/mol. The van der Waals surface area contributed by atoms with Gasteiger partial charge in [-0.25, -0.2) is 0 Å². The van der Waals surface area contributed by atoms with Crippen LogP contribution >= 0.6 is 0 Å². The number of carboxylic acid groups (broad SMARTS) is 1. The second-order valence-corrected chi connectivity index (χ2v) is 8.57. The molecule has 0 heterocycles. The molecule has 1 atom stereocenters. The molecule has 0 saturated carbocycles. The van der Waals surface area contributed by atoms with Crippen molar-refractivity contribution >= 4 is 11.9 Å². The van der Waals surface area contributed by atoms with Crippen molar-refractivity contribution in [3.05, 3.63) is 0 Å². The zero-order valence-corrected chi connectivity index (χ0v) is 21.9. The molecule has 0 aliphatic heterocycles. The molecule has 0 aromatic heterocycles. The first-order valence-corrected chi connectivity index (χ1v) is 11.8. The van der Waals surface area contributed by atoms with Gasteiger partial charge in [-0.05, 0) is 32.6 Å². The van der Waals surface area contributed by atoms with E-state index in [1.54, 1.807) is 0 Å². The molecular formula is C24H45NaO4. The van der Waals surface area contributed by atoms with Gasteiger partial charge in [-0.1, -0.05) is 97.3 Å². The molecule has 29 heavy (non-hydrogen) atoms. The molecule has 0 amide bonds. The van der Waals surface area contributed by atoms with E-state index in [0.717, 1.165) is 38.5 Å². The third kappa shape index (κ3) is 21.0. The van der Waals surface area contributed by atoms with Gasteiger partial charge in [0.1, 0.15) is 5.60 Å². The van der Waals surface area contributed by atoms with E-state index in [1.165, 1.54) is 70.6 Å². The van der Waals surface area contributed by atoms with Crippen LogP contribution in [0, 0.1) is 0 Å². The van der Waals surface area contributed by atoms with Gasteiger partial charge in [0.15, 0.2) is 0 Å². The molecule has 0 aliphatic carbocycles. The van der Waals surface area contributed by atoms with Crippen LogP contribution < -0.4 is 34.7 Å². The number of aliphatic carboxylic acids is 1. The maximum absolute atomic E-state index is 11.8. The largest absolute Gasteiger partial charge is 1.00 e. The maximum atomic E-state index is 11.8. The van der Waals surface area contributed by atoms with E-state index in [2.05, 4.69) is 13.8 Å². The van der Waals surface area contributed by atoms with Crippen molar-refractivity contribution in [2.24, 2.45) is 0 Å². The van der Waals surface area contributed by atoms with Gasteiger partial charge >= 0.3 is 35.5 Å². The fourth-order valence-corrected chi connectivity index (χ4v) is 3.74. The zero-order valence-electron chi connectivity index (χ0n) is 19.9. The minimum Gasteiger partial charge on any atom is -0.550 e. The number of carbonyl (C=O) groups is 2. The number of carbonyl (C=O) groups excluding carboxylic acids is 2. The van der Waals surface area contributed by atoms with Crippen LogP contribution in [0.5, 0.6) is 0 Å². The average Bonchev–Trinajstić information content (AvgIpc) is 2.62. The van der Waals surface area contributed by atoms with Crippen molar-refractivity contribution in [2.75, 3.05) is 0 Å². The van der Waals surface area contributed by atoms with Crippen LogP contribution in [0.1, 0.15) is 136 Å². The van der Waals surface area contributed by atoms with Crippen LogP contribution in [-0.2, 0) is 14.3 Å². The summed E-state index contributed by atoms with van der Waals surface area (Å²) in [7, 11) is 0. The first kappa shape index (κ1) is 31.1. The molecule has 0 aromatic carbocycles. The molecule has 0 radical (unpaired) electrons. The smallest absolute Gasteiger partial charge is 0.550 e. The van der Waals surface area contributed by atoms with E-state index in [1.807, 2.05) is 6.92 Å². The summed E-state index contributed by atoms with van der Waals surface area (Å²) in [6.07, 6.45) is 19.5. The van der Waals surface area contributed by atoms with Crippen molar-refractivity contribution in [1.29, 1.82) is 0 Å². The number of hydrogen-bond donors (Lipinski definition) is 0. The van der Waals surface area contributed by atoms with Crippen LogP contribution in [0.15, 0.2) is 0 Å². The van der Waals surface area contributed by atoms with Gasteiger partial charge in [0.25, 0.3) is 0 Å². The van der Waals surface area contributed by atoms with Crippen molar-refractivity contribution in [1.82, 2.24) is 0 Å². The summed E-state index contributed by atoms with van der Waals surface area (Å²) in [5.41, 5.74) is -0.543. The van der Waals surface area contributed by atoms with E-state index < -0.39 is 24.0 Å². The van der Waals surface area contributed by atoms with E-state index >= 15 is 0 Å². The number of hydrogen-bond acceptors (Lipinski definition) is 4. The normalized spacial score (nSPS) is 12.8. The summed E-state index contributed by atoms with van der Waals surface area (Å²) < 4.78 is 5.58. The molecule has 4 nitrogen and oxygen atoms in total. The Morgan fingerprint density at radius 1 is 0.690 bits per heavy atom. The van der Waals surface area contributed by atoms with Gasteiger partial charge in [0.2, 0.25) is 0 Å². The standard InChI is InChI=1S/C24H46O4.Na/c1-4-6-8-10-11-12-13-14-16-18-20-24(3,19-17-15-9-7-5-2)28-23(27)21-22(25)26;/h4-21H2,1-3H3,(H,25,26);/q;+1/p-1. The number of esters is 1. The van der Waals surface area contributed by atoms with Gasteiger partial charge in [-0.15, -0.1) is 0 Å². The molecule has 0 aromatic rings. The first-order valence-electron chi connectivity index (χ1n) is 11.8. The van der Waals surface area contributed by atoms with Crippen molar-refractivity contribution in [3.63, 3.8) is 0 Å². The fourth-order valence-electron chi connectivity index (χ4n) is 3.74. The molecule has 1 unspecified atom stereocenters. The summed E-state index contributed by atoms with van der Waals surface area (Å²) in [6, 6.07) is 0. The minimum atomic E-state index is -1.37. The number of rotatable bonds is 20. The second-order valence-electron chi connectivity index (χ2n) is 8.57. The predicted octanol–water partition coefficient (Wildman–Crippen LogP) is 3.10. The SMILES string of the molecule is CCCCCCCCCCCCC(C)(CCCCCCC)OC(=O)CC(=O)[O-].[Na+]. The molecule has 0 N–H and O–H groups in total. The van der Waals surface area contributed by atoms with Crippen molar-refractivity contribution in [3.8, 4) is 0 Å². The first-order chi connectivity index (χ1) is 13.4. The third-order valence-corrected chi connectivity index (χ3v) is 5.52. The van der Waals surface area contributed by atoms with Crippen LogP contribution in [0.25, 0.3) is 0 Å². The molecule has 5 heteroatoms. The van der Waals surface area contributed by atoms with E-state index in [4.69, 9.17) is 4.74 Å². The third-order valence-electron chi connectivity index (χ3n) is 5.52. The summed E-state index contributed by atoms with van der Waals surface area (Å²) in [5, 5.41) is 10.7. The van der Waals surface area contributed by atoms with Crippen LogP contribution in [0.3, 0.4) is 0 Å². The predicted molar refractivity (Wildman–Crippen MR) is 114 cm³/mol.